The molecule has 3 aromatic rings. The molecule has 1 aromatic heterocycles. The molecule has 3 rings (SSSR count). The van der Waals surface area contributed by atoms with E-state index in [-0.39, 0.29) is 0 Å². The van der Waals surface area contributed by atoms with E-state index in [9.17, 15) is 0 Å². The van der Waals surface area contributed by atoms with E-state index in [0.717, 1.165) is 0 Å². The fraction of sp³-hybridized carbons (Fsp3) is 0.125. The SMILES string of the molecule is Cc1ccc(-c2ccc(P)cc2)c2[nH]cc(C)c12. The van der Waals surface area contributed by atoms with Gasteiger partial charge in [0.1, 0.15) is 0 Å². The van der Waals surface area contributed by atoms with Crippen LogP contribution in [0.1, 0.15) is 11.1 Å². The lowest BCUT2D eigenvalue weighted by atomic mass is 9.99. The van der Waals surface area contributed by atoms with Gasteiger partial charge in [-0.15, -0.1) is 9.24 Å². The van der Waals surface area contributed by atoms with E-state index in [1.165, 1.54) is 38.5 Å². The summed E-state index contributed by atoms with van der Waals surface area (Å²) in [6.45, 7) is 4.32. The second kappa shape index (κ2) is 4.26. The van der Waals surface area contributed by atoms with Crippen molar-refractivity contribution in [1.82, 2.24) is 4.98 Å². The molecule has 0 radical (unpaired) electrons. The maximum absolute atomic E-state index is 3.41. The summed E-state index contributed by atoms with van der Waals surface area (Å²) in [5, 5.41) is 2.56. The highest BCUT2D eigenvalue weighted by Crippen LogP contribution is 2.31. The predicted octanol–water partition coefficient (Wildman–Crippen LogP) is 3.95. The summed E-state index contributed by atoms with van der Waals surface area (Å²) in [6, 6.07) is 13.0. The van der Waals surface area contributed by atoms with Crippen LogP contribution in [0.25, 0.3) is 22.0 Å². The third kappa shape index (κ3) is 1.76. The highest BCUT2D eigenvalue weighted by molar-refractivity contribution is 7.27. The van der Waals surface area contributed by atoms with Crippen LogP contribution in [0.5, 0.6) is 0 Å². The Labute approximate surface area is 109 Å². The van der Waals surface area contributed by atoms with Crippen molar-refractivity contribution in [2.75, 3.05) is 0 Å². The number of aromatic amines is 1. The summed E-state index contributed by atoms with van der Waals surface area (Å²) in [7, 11) is 2.72. The molecule has 0 aliphatic carbocycles. The van der Waals surface area contributed by atoms with Gasteiger partial charge in [0.25, 0.3) is 0 Å². The van der Waals surface area contributed by atoms with Crippen molar-refractivity contribution in [2.45, 2.75) is 13.8 Å². The van der Waals surface area contributed by atoms with Crippen molar-refractivity contribution in [2.24, 2.45) is 0 Å². The summed E-state index contributed by atoms with van der Waals surface area (Å²) < 4.78 is 0. The van der Waals surface area contributed by atoms with Crippen molar-refractivity contribution < 1.29 is 0 Å². The molecule has 0 saturated carbocycles. The first kappa shape index (κ1) is 11.5. The van der Waals surface area contributed by atoms with Crippen molar-refractivity contribution in [3.8, 4) is 11.1 Å². The Kier molecular flexibility index (Phi) is 2.72. The fourth-order valence-electron chi connectivity index (χ4n) is 2.52. The zero-order chi connectivity index (χ0) is 12.7. The molecule has 1 nitrogen and oxygen atoms in total. The number of nitrogens with one attached hydrogen (secondary N) is 1. The van der Waals surface area contributed by atoms with Crippen LogP contribution < -0.4 is 5.30 Å². The third-order valence-corrected chi connectivity index (χ3v) is 3.85. The van der Waals surface area contributed by atoms with Crippen LogP contribution in [-0.4, -0.2) is 4.98 Å². The molecule has 2 heteroatoms. The second-order valence-electron chi connectivity index (χ2n) is 4.77. The lowest BCUT2D eigenvalue weighted by molar-refractivity contribution is 1.42. The van der Waals surface area contributed by atoms with E-state index in [0.29, 0.717) is 0 Å². The molecule has 0 amide bonds. The molecule has 1 unspecified atom stereocenters. The normalized spacial score (nSPS) is 11.1. The first-order valence-corrected chi connectivity index (χ1v) is 6.68. The highest BCUT2D eigenvalue weighted by atomic mass is 31.0. The Bertz CT molecular complexity index is 708. The van der Waals surface area contributed by atoms with E-state index in [1.54, 1.807) is 0 Å². The van der Waals surface area contributed by atoms with Crippen LogP contribution in [0.4, 0.5) is 0 Å². The molecule has 1 N–H and O–H groups in total. The molecule has 90 valence electrons. The number of H-pyrrole nitrogens is 1. The molecule has 0 aliphatic rings. The molecule has 0 saturated heterocycles. The van der Waals surface area contributed by atoms with E-state index in [2.05, 4.69) is 70.7 Å². The molecule has 0 fully saturated rings. The maximum Gasteiger partial charge on any atom is 0.0539 e. The molecule has 0 bridgehead atoms. The van der Waals surface area contributed by atoms with Crippen molar-refractivity contribution >= 4 is 25.4 Å². The van der Waals surface area contributed by atoms with Gasteiger partial charge in [0.2, 0.25) is 0 Å². The molecule has 0 aliphatic heterocycles. The maximum atomic E-state index is 3.41. The average molecular weight is 253 g/mol. The zero-order valence-corrected chi connectivity index (χ0v) is 11.8. The Morgan fingerprint density at radius 3 is 2.33 bits per heavy atom. The topological polar surface area (TPSA) is 15.8 Å². The molecule has 18 heavy (non-hydrogen) atoms. The zero-order valence-electron chi connectivity index (χ0n) is 10.6. The van der Waals surface area contributed by atoms with E-state index in [4.69, 9.17) is 0 Å². The van der Waals surface area contributed by atoms with Gasteiger partial charge in [-0.2, -0.15) is 0 Å². The monoisotopic (exact) mass is 253 g/mol. The summed E-state index contributed by atoms with van der Waals surface area (Å²) in [5.41, 5.74) is 6.41. The lowest BCUT2D eigenvalue weighted by Gasteiger charge is -2.07. The minimum absolute atomic E-state index is 1.21. The van der Waals surface area contributed by atoms with Crippen LogP contribution in [0.3, 0.4) is 0 Å². The van der Waals surface area contributed by atoms with Crippen LogP contribution in [-0.2, 0) is 0 Å². The summed E-state index contributed by atoms with van der Waals surface area (Å²) >= 11 is 0. The molecule has 1 heterocycles. The molecule has 2 aromatic carbocycles. The first-order valence-electron chi connectivity index (χ1n) is 6.10. The molecular formula is C16H16NP. The standard InChI is InChI=1S/C16H16NP/c1-10-3-8-14(12-4-6-13(18)7-5-12)16-15(10)11(2)9-17-16/h3-9,17H,18H2,1-2H3. The Morgan fingerprint density at radius 1 is 0.889 bits per heavy atom. The van der Waals surface area contributed by atoms with Crippen molar-refractivity contribution in [3.63, 3.8) is 0 Å². The van der Waals surface area contributed by atoms with Gasteiger partial charge < -0.3 is 4.98 Å². The number of aryl methyl sites for hydroxylation is 2. The van der Waals surface area contributed by atoms with Gasteiger partial charge in [-0.05, 0) is 35.8 Å². The number of rotatable bonds is 1. The van der Waals surface area contributed by atoms with Crippen LogP contribution in [0.2, 0.25) is 0 Å². The predicted molar refractivity (Wildman–Crippen MR) is 82.6 cm³/mol. The van der Waals surface area contributed by atoms with E-state index < -0.39 is 0 Å². The number of fused-ring (bicyclic) bond motifs is 1. The number of hydrogen-bond acceptors (Lipinski definition) is 0. The quantitative estimate of drug-likeness (QED) is 0.632. The molecule has 0 spiro atoms. The summed E-state index contributed by atoms with van der Waals surface area (Å²) in [5.74, 6) is 0. The van der Waals surface area contributed by atoms with Gasteiger partial charge in [0.15, 0.2) is 0 Å². The van der Waals surface area contributed by atoms with Gasteiger partial charge in [-0.3, -0.25) is 0 Å². The fourth-order valence-corrected chi connectivity index (χ4v) is 2.71. The van der Waals surface area contributed by atoms with E-state index in [1.807, 2.05) is 0 Å². The highest BCUT2D eigenvalue weighted by Gasteiger charge is 2.09. The molecular weight excluding hydrogens is 237 g/mol. The van der Waals surface area contributed by atoms with Gasteiger partial charge in [0, 0.05) is 17.1 Å². The van der Waals surface area contributed by atoms with Gasteiger partial charge >= 0.3 is 0 Å². The Morgan fingerprint density at radius 2 is 1.61 bits per heavy atom. The third-order valence-electron chi connectivity index (χ3n) is 3.46. The minimum atomic E-state index is 1.21. The van der Waals surface area contributed by atoms with E-state index >= 15 is 0 Å². The lowest BCUT2D eigenvalue weighted by Crippen LogP contribution is -1.89. The first-order chi connectivity index (χ1) is 8.66. The number of hydrogen-bond donors (Lipinski definition) is 1. The number of benzene rings is 2. The number of aromatic nitrogens is 1. The minimum Gasteiger partial charge on any atom is -0.360 e. The summed E-state index contributed by atoms with van der Waals surface area (Å²) in [6.07, 6.45) is 2.09. The molecule has 1 atom stereocenters. The van der Waals surface area contributed by atoms with Crippen molar-refractivity contribution in [3.05, 3.63) is 53.7 Å². The smallest absolute Gasteiger partial charge is 0.0539 e. The van der Waals surface area contributed by atoms with Gasteiger partial charge in [-0.25, -0.2) is 0 Å². The van der Waals surface area contributed by atoms with Gasteiger partial charge in [-0.1, -0.05) is 36.4 Å². The Hall–Kier alpha value is -1.59. The van der Waals surface area contributed by atoms with Gasteiger partial charge in [0.05, 0.1) is 5.52 Å². The summed E-state index contributed by atoms with van der Waals surface area (Å²) in [4.78, 5) is 3.41. The average Bonchev–Trinajstić information content (AvgIpc) is 2.75. The van der Waals surface area contributed by atoms with Crippen LogP contribution in [0.15, 0.2) is 42.6 Å². The van der Waals surface area contributed by atoms with Crippen molar-refractivity contribution in [1.29, 1.82) is 0 Å². The largest absolute Gasteiger partial charge is 0.360 e. The van der Waals surface area contributed by atoms with Crippen LogP contribution in [0, 0.1) is 13.8 Å². The van der Waals surface area contributed by atoms with Crippen LogP contribution >= 0.6 is 9.24 Å². The Balaban J connectivity index is 2.30. The second-order valence-corrected chi connectivity index (χ2v) is 5.44.